The lowest BCUT2D eigenvalue weighted by atomic mass is 9.97. The molecule has 2 aliphatic heterocycles. The van der Waals surface area contributed by atoms with Gasteiger partial charge in [0.15, 0.2) is 12.6 Å². The van der Waals surface area contributed by atoms with Crippen molar-refractivity contribution in [1.82, 2.24) is 5.32 Å². The van der Waals surface area contributed by atoms with Gasteiger partial charge >= 0.3 is 0 Å². The van der Waals surface area contributed by atoms with Crippen molar-refractivity contribution in [3.05, 3.63) is 60.8 Å². The van der Waals surface area contributed by atoms with Gasteiger partial charge in [-0.25, -0.2) is 0 Å². The molecule has 14 heteroatoms. The number of aliphatic hydroxyl groups is 8. The molecule has 9 N–H and O–H groups in total. The Balaban J connectivity index is 1.54. The lowest BCUT2D eigenvalue weighted by Crippen LogP contribution is -2.65. The van der Waals surface area contributed by atoms with Gasteiger partial charge in [-0.3, -0.25) is 4.79 Å². The maximum atomic E-state index is 13.3. The Morgan fingerprint density at radius 1 is 0.435 bits per heavy atom. The van der Waals surface area contributed by atoms with E-state index in [1.165, 1.54) is 180 Å². The van der Waals surface area contributed by atoms with Crippen LogP contribution in [0, 0.1) is 0 Å². The highest BCUT2D eigenvalue weighted by Crippen LogP contribution is 2.30. The fraction of sp³-hybridized carbons (Fsp3) is 0.845. The van der Waals surface area contributed by atoms with Gasteiger partial charge in [0, 0.05) is 6.42 Å². The highest BCUT2D eigenvalue weighted by atomic mass is 16.7. The van der Waals surface area contributed by atoms with Gasteiger partial charge in [0.05, 0.1) is 32.0 Å². The summed E-state index contributed by atoms with van der Waals surface area (Å²) < 4.78 is 22.9. The molecule has 0 aromatic carbocycles. The normalized spacial score (nSPS) is 23.9. The van der Waals surface area contributed by atoms with E-state index in [1.54, 1.807) is 0 Å². The molecular formula is C71H129NO13. The van der Waals surface area contributed by atoms with E-state index < -0.39 is 86.8 Å². The van der Waals surface area contributed by atoms with Gasteiger partial charge in [0.2, 0.25) is 5.91 Å². The van der Waals surface area contributed by atoms with Crippen LogP contribution in [0.5, 0.6) is 0 Å². The zero-order valence-electron chi connectivity index (χ0n) is 53.8. The third-order valence-electron chi connectivity index (χ3n) is 17.0. The van der Waals surface area contributed by atoms with Crippen LogP contribution >= 0.6 is 0 Å². The highest BCUT2D eigenvalue weighted by Gasteiger charge is 2.51. The van der Waals surface area contributed by atoms with Gasteiger partial charge in [-0.2, -0.15) is 0 Å². The average Bonchev–Trinajstić information content (AvgIpc) is 3.60. The molecule has 0 bridgehead atoms. The topological polar surface area (TPSA) is 228 Å². The van der Waals surface area contributed by atoms with Crippen LogP contribution in [0.3, 0.4) is 0 Å². The number of carbonyl (C=O) groups is 1. The van der Waals surface area contributed by atoms with E-state index in [4.69, 9.17) is 18.9 Å². The molecule has 496 valence electrons. The van der Waals surface area contributed by atoms with Crippen molar-refractivity contribution in [2.45, 2.75) is 364 Å². The van der Waals surface area contributed by atoms with Gasteiger partial charge in [0.1, 0.15) is 48.8 Å². The third kappa shape index (κ3) is 40.1. The van der Waals surface area contributed by atoms with Gasteiger partial charge < -0.3 is 65.1 Å². The quantitative estimate of drug-likeness (QED) is 0.0204. The van der Waals surface area contributed by atoms with Gasteiger partial charge in [-0.15, -0.1) is 0 Å². The van der Waals surface area contributed by atoms with Crippen molar-refractivity contribution >= 4 is 5.91 Å². The Kier molecular flexibility index (Phi) is 51.7. The number of hydrogen-bond acceptors (Lipinski definition) is 13. The number of carbonyl (C=O) groups excluding carboxylic acids is 1. The Labute approximate surface area is 517 Å². The molecule has 0 aromatic heterocycles. The molecule has 12 unspecified atom stereocenters. The first-order valence-corrected chi connectivity index (χ1v) is 35.0. The van der Waals surface area contributed by atoms with Crippen molar-refractivity contribution in [2.75, 3.05) is 19.8 Å². The minimum absolute atomic E-state index is 0.204. The predicted molar refractivity (Wildman–Crippen MR) is 346 cm³/mol. The van der Waals surface area contributed by atoms with E-state index >= 15 is 0 Å². The molecule has 2 fully saturated rings. The van der Waals surface area contributed by atoms with Crippen molar-refractivity contribution < 1.29 is 64.6 Å². The van der Waals surface area contributed by atoms with Crippen LogP contribution in [-0.4, -0.2) is 140 Å². The van der Waals surface area contributed by atoms with Gasteiger partial charge in [0.25, 0.3) is 0 Å². The molecule has 14 nitrogen and oxygen atoms in total. The fourth-order valence-electron chi connectivity index (χ4n) is 11.4. The van der Waals surface area contributed by atoms with E-state index in [0.29, 0.717) is 12.8 Å². The number of nitrogens with one attached hydrogen (secondary N) is 1. The first kappa shape index (κ1) is 78.8. The largest absolute Gasteiger partial charge is 0.394 e. The van der Waals surface area contributed by atoms with Crippen LogP contribution in [0.2, 0.25) is 0 Å². The maximum Gasteiger partial charge on any atom is 0.220 e. The zero-order valence-corrected chi connectivity index (χ0v) is 53.8. The third-order valence-corrected chi connectivity index (χ3v) is 17.0. The van der Waals surface area contributed by atoms with Crippen LogP contribution in [0.1, 0.15) is 290 Å². The predicted octanol–water partition coefficient (Wildman–Crippen LogP) is 14.1. The molecule has 0 saturated carbocycles. The standard InChI is InChI=1S/C71H129NO13/c1-3-5-7-9-11-13-15-17-18-19-20-21-22-23-24-25-26-27-28-29-30-31-32-33-34-35-36-37-38-39-40-41-42-43-45-47-49-51-53-55-63(76)72-59(60(75)54-52-50-48-46-44-16-14-12-10-8-6-4-2)58-82-70-68(81)66(79)69(62(57-74)84-70)85-71-67(80)65(78)64(77)61(56-73)83-71/h5,7,11,13,17-18,20-21,23-24,59-62,64-71,73-75,77-81H,3-4,6,8-10,12,14-16,19,22,25-58H2,1-2H3,(H,72,76)/b7-5-,13-11-,18-17-,21-20-,24-23-. The maximum absolute atomic E-state index is 13.3. The Hall–Kier alpha value is -2.31. The highest BCUT2D eigenvalue weighted by molar-refractivity contribution is 5.76. The molecule has 1 amide bonds. The van der Waals surface area contributed by atoms with E-state index in [2.05, 4.69) is 79.9 Å². The van der Waals surface area contributed by atoms with Crippen LogP contribution in [-0.2, 0) is 23.7 Å². The molecule has 2 saturated heterocycles. The summed E-state index contributed by atoms with van der Waals surface area (Å²) in [6.07, 6.45) is 57.0. The lowest BCUT2D eigenvalue weighted by Gasteiger charge is -2.46. The zero-order chi connectivity index (χ0) is 61.6. The minimum atomic E-state index is -1.78. The lowest BCUT2D eigenvalue weighted by molar-refractivity contribution is -0.359. The number of ether oxygens (including phenoxy) is 4. The molecule has 0 spiro atoms. The van der Waals surface area contributed by atoms with Crippen molar-refractivity contribution in [3.8, 4) is 0 Å². The summed E-state index contributed by atoms with van der Waals surface area (Å²) in [6.45, 7) is 2.76. The Morgan fingerprint density at radius 3 is 1.25 bits per heavy atom. The number of unbranched alkanes of at least 4 members (excludes halogenated alkanes) is 34. The molecule has 85 heavy (non-hydrogen) atoms. The number of aliphatic hydroxyl groups excluding tert-OH is 8. The molecule has 0 aromatic rings. The summed E-state index contributed by atoms with van der Waals surface area (Å²) in [4.78, 5) is 13.3. The van der Waals surface area contributed by atoms with E-state index in [-0.39, 0.29) is 12.5 Å². The van der Waals surface area contributed by atoms with E-state index in [1.807, 2.05) is 0 Å². The molecule has 0 radical (unpaired) electrons. The molecule has 2 aliphatic rings. The summed E-state index contributed by atoms with van der Waals surface area (Å²) >= 11 is 0. The number of allylic oxidation sites excluding steroid dienone is 10. The summed E-state index contributed by atoms with van der Waals surface area (Å²) in [5.41, 5.74) is 0. The van der Waals surface area contributed by atoms with Gasteiger partial charge in [-0.1, -0.05) is 286 Å². The Morgan fingerprint density at radius 2 is 0.812 bits per heavy atom. The summed E-state index contributed by atoms with van der Waals surface area (Å²) in [6, 6.07) is -0.827. The summed E-state index contributed by atoms with van der Waals surface area (Å²) in [7, 11) is 0. The summed E-state index contributed by atoms with van der Waals surface area (Å²) in [5.74, 6) is -0.204. The van der Waals surface area contributed by atoms with E-state index in [0.717, 1.165) is 83.5 Å². The number of hydrogen-bond donors (Lipinski definition) is 9. The first-order chi connectivity index (χ1) is 41.6. The molecule has 2 rings (SSSR count). The average molecular weight is 1200 g/mol. The smallest absolute Gasteiger partial charge is 0.220 e. The summed E-state index contributed by atoms with van der Waals surface area (Å²) in [5, 5.41) is 87.3. The SMILES string of the molecule is CC/C=C\C/C=C\C/C=C\C/C=C\C/C=C\CCCCCCCCCCCCCCCCCCCCCCCCCC(=O)NC(COC1OC(CO)C(OC2OC(CO)C(O)C(O)C2O)C(O)C1O)C(O)CCCCCCCCCCCCCC. The van der Waals surface area contributed by atoms with Crippen LogP contribution in [0.15, 0.2) is 60.8 Å². The van der Waals surface area contributed by atoms with Crippen molar-refractivity contribution in [1.29, 1.82) is 0 Å². The first-order valence-electron chi connectivity index (χ1n) is 35.0. The van der Waals surface area contributed by atoms with Crippen molar-refractivity contribution in [3.63, 3.8) is 0 Å². The van der Waals surface area contributed by atoms with Crippen LogP contribution < -0.4 is 5.32 Å². The minimum Gasteiger partial charge on any atom is -0.394 e. The fourth-order valence-corrected chi connectivity index (χ4v) is 11.4. The second-order valence-electron chi connectivity index (χ2n) is 24.6. The van der Waals surface area contributed by atoms with Crippen LogP contribution in [0.4, 0.5) is 0 Å². The number of rotatable bonds is 57. The molecular weight excluding hydrogens is 1070 g/mol. The molecule has 0 aliphatic carbocycles. The second-order valence-corrected chi connectivity index (χ2v) is 24.6. The number of amides is 1. The van der Waals surface area contributed by atoms with E-state index in [9.17, 15) is 45.6 Å². The second kappa shape index (κ2) is 55.7. The molecule has 12 atom stereocenters. The molecule has 2 heterocycles. The van der Waals surface area contributed by atoms with Crippen molar-refractivity contribution in [2.24, 2.45) is 0 Å². The Bertz CT molecular complexity index is 1660. The monoisotopic (exact) mass is 1200 g/mol. The van der Waals surface area contributed by atoms with Crippen LogP contribution in [0.25, 0.3) is 0 Å². The van der Waals surface area contributed by atoms with Gasteiger partial charge in [-0.05, 0) is 57.8 Å².